The highest BCUT2D eigenvalue weighted by Gasteiger charge is 2.07. The summed E-state index contributed by atoms with van der Waals surface area (Å²) in [5.41, 5.74) is 1.15. The van der Waals surface area contributed by atoms with E-state index in [9.17, 15) is 4.39 Å². The van der Waals surface area contributed by atoms with Crippen LogP contribution in [-0.2, 0) is 4.74 Å². The Bertz CT molecular complexity index is 313. The zero-order chi connectivity index (χ0) is 13.2. The zero-order valence-electron chi connectivity index (χ0n) is 11.4. The summed E-state index contributed by atoms with van der Waals surface area (Å²) in [6.45, 7) is 6.82. The normalized spacial score (nSPS) is 12.6. The van der Waals surface area contributed by atoms with Gasteiger partial charge in [0.15, 0.2) is 0 Å². The van der Waals surface area contributed by atoms with Crippen molar-refractivity contribution in [3.8, 4) is 0 Å². The van der Waals surface area contributed by atoms with Crippen LogP contribution in [0.2, 0.25) is 0 Å². The number of nitrogens with one attached hydrogen (secondary N) is 1. The average molecular weight is 253 g/mol. The molecule has 1 aromatic carbocycles. The third-order valence-electron chi connectivity index (χ3n) is 2.89. The second-order valence-electron chi connectivity index (χ2n) is 4.43. The van der Waals surface area contributed by atoms with Crippen molar-refractivity contribution < 1.29 is 9.13 Å². The summed E-state index contributed by atoms with van der Waals surface area (Å²) >= 11 is 0. The molecule has 0 aliphatic carbocycles. The smallest absolute Gasteiger partial charge is 0.123 e. The van der Waals surface area contributed by atoms with Crippen LogP contribution in [0.1, 0.15) is 44.7 Å². The van der Waals surface area contributed by atoms with Gasteiger partial charge in [-0.05, 0) is 43.5 Å². The molecule has 18 heavy (non-hydrogen) atoms. The lowest BCUT2D eigenvalue weighted by Gasteiger charge is -2.17. The molecule has 0 amide bonds. The molecule has 0 fully saturated rings. The molecule has 2 nitrogen and oxygen atoms in total. The Labute approximate surface area is 110 Å². The second kappa shape index (κ2) is 9.06. The molecule has 0 radical (unpaired) electrons. The van der Waals surface area contributed by atoms with E-state index in [0.29, 0.717) is 6.04 Å². The molecule has 3 heteroatoms. The van der Waals surface area contributed by atoms with Crippen LogP contribution in [0.25, 0.3) is 0 Å². The summed E-state index contributed by atoms with van der Waals surface area (Å²) < 4.78 is 18.3. The van der Waals surface area contributed by atoms with Crippen molar-refractivity contribution in [1.29, 1.82) is 0 Å². The molecule has 1 N–H and O–H groups in total. The van der Waals surface area contributed by atoms with Gasteiger partial charge in [-0.1, -0.05) is 26.0 Å². The van der Waals surface area contributed by atoms with Crippen LogP contribution in [0.4, 0.5) is 4.39 Å². The van der Waals surface area contributed by atoms with Crippen molar-refractivity contribution >= 4 is 0 Å². The Kier molecular flexibility index (Phi) is 7.62. The van der Waals surface area contributed by atoms with E-state index in [1.165, 1.54) is 12.1 Å². The molecule has 0 saturated heterocycles. The van der Waals surface area contributed by atoms with Gasteiger partial charge in [-0.25, -0.2) is 4.39 Å². The van der Waals surface area contributed by atoms with Crippen LogP contribution in [0.3, 0.4) is 0 Å². The molecular formula is C15H24FNO. The maximum absolute atomic E-state index is 12.8. The minimum atomic E-state index is -0.179. The lowest BCUT2D eigenvalue weighted by molar-refractivity contribution is 0.131. The summed E-state index contributed by atoms with van der Waals surface area (Å²) in [7, 11) is 0. The number of rotatable bonds is 9. The fourth-order valence-corrected chi connectivity index (χ4v) is 1.89. The highest BCUT2D eigenvalue weighted by molar-refractivity contribution is 5.19. The van der Waals surface area contributed by atoms with E-state index in [1.54, 1.807) is 0 Å². The van der Waals surface area contributed by atoms with E-state index in [0.717, 1.165) is 44.6 Å². The topological polar surface area (TPSA) is 21.3 Å². The Morgan fingerprint density at radius 1 is 1.17 bits per heavy atom. The molecule has 0 heterocycles. The van der Waals surface area contributed by atoms with Crippen LogP contribution in [0.5, 0.6) is 0 Å². The van der Waals surface area contributed by atoms with E-state index in [1.807, 2.05) is 12.1 Å². The molecule has 1 atom stereocenters. The van der Waals surface area contributed by atoms with Crippen molar-refractivity contribution in [2.24, 2.45) is 0 Å². The third-order valence-corrected chi connectivity index (χ3v) is 2.89. The van der Waals surface area contributed by atoms with Crippen molar-refractivity contribution in [3.05, 3.63) is 35.6 Å². The van der Waals surface area contributed by atoms with Crippen LogP contribution >= 0.6 is 0 Å². The second-order valence-corrected chi connectivity index (χ2v) is 4.43. The molecule has 1 rings (SSSR count). The predicted octanol–water partition coefficient (Wildman–Crippen LogP) is 3.68. The van der Waals surface area contributed by atoms with Crippen LogP contribution in [0.15, 0.2) is 24.3 Å². The van der Waals surface area contributed by atoms with Gasteiger partial charge in [0.05, 0.1) is 0 Å². The number of ether oxygens (including phenoxy) is 1. The lowest BCUT2D eigenvalue weighted by Crippen LogP contribution is -2.22. The maximum atomic E-state index is 12.8. The molecule has 0 bridgehead atoms. The van der Waals surface area contributed by atoms with E-state index in [2.05, 4.69) is 19.2 Å². The molecule has 0 aromatic heterocycles. The molecule has 0 spiro atoms. The van der Waals surface area contributed by atoms with E-state index < -0.39 is 0 Å². The van der Waals surface area contributed by atoms with Crippen LogP contribution < -0.4 is 5.32 Å². The highest BCUT2D eigenvalue weighted by Crippen LogP contribution is 2.16. The third kappa shape index (κ3) is 5.61. The van der Waals surface area contributed by atoms with Gasteiger partial charge in [0.1, 0.15) is 5.82 Å². The molecule has 102 valence electrons. The van der Waals surface area contributed by atoms with E-state index in [-0.39, 0.29) is 5.82 Å². The lowest BCUT2D eigenvalue weighted by atomic mass is 10.0. The monoisotopic (exact) mass is 253 g/mol. The molecular weight excluding hydrogens is 229 g/mol. The SMILES string of the molecule is CCCOCCCNC(CC)c1ccc(F)cc1. The van der Waals surface area contributed by atoms with Gasteiger partial charge < -0.3 is 10.1 Å². The van der Waals surface area contributed by atoms with Crippen molar-refractivity contribution in [2.75, 3.05) is 19.8 Å². The summed E-state index contributed by atoms with van der Waals surface area (Å²) in [5, 5.41) is 3.48. The van der Waals surface area contributed by atoms with Gasteiger partial charge in [-0.3, -0.25) is 0 Å². The first-order valence-electron chi connectivity index (χ1n) is 6.84. The number of halogens is 1. The van der Waals surface area contributed by atoms with Crippen molar-refractivity contribution in [3.63, 3.8) is 0 Å². The van der Waals surface area contributed by atoms with Crippen molar-refractivity contribution in [1.82, 2.24) is 5.32 Å². The summed E-state index contributed by atoms with van der Waals surface area (Å²) in [5.74, 6) is -0.179. The van der Waals surface area contributed by atoms with Gasteiger partial charge in [0.25, 0.3) is 0 Å². The Balaban J connectivity index is 2.27. The van der Waals surface area contributed by atoms with Crippen LogP contribution in [0, 0.1) is 5.82 Å². The highest BCUT2D eigenvalue weighted by atomic mass is 19.1. The first kappa shape index (κ1) is 15.1. The minimum Gasteiger partial charge on any atom is -0.381 e. The first-order chi connectivity index (χ1) is 8.77. The quantitative estimate of drug-likeness (QED) is 0.678. The average Bonchev–Trinajstić information content (AvgIpc) is 2.39. The van der Waals surface area contributed by atoms with Crippen LogP contribution in [-0.4, -0.2) is 19.8 Å². The fourth-order valence-electron chi connectivity index (χ4n) is 1.89. The predicted molar refractivity (Wildman–Crippen MR) is 73.2 cm³/mol. The summed E-state index contributed by atoms with van der Waals surface area (Å²) in [4.78, 5) is 0. The molecule has 0 saturated carbocycles. The Hall–Kier alpha value is -0.930. The number of hydrogen-bond donors (Lipinski definition) is 1. The Morgan fingerprint density at radius 3 is 2.50 bits per heavy atom. The molecule has 1 aromatic rings. The largest absolute Gasteiger partial charge is 0.381 e. The molecule has 1 unspecified atom stereocenters. The zero-order valence-corrected chi connectivity index (χ0v) is 11.4. The Morgan fingerprint density at radius 2 is 1.89 bits per heavy atom. The molecule has 0 aliphatic rings. The van der Waals surface area contributed by atoms with Gasteiger partial charge in [0.2, 0.25) is 0 Å². The van der Waals surface area contributed by atoms with Gasteiger partial charge >= 0.3 is 0 Å². The van der Waals surface area contributed by atoms with E-state index in [4.69, 9.17) is 4.74 Å². The maximum Gasteiger partial charge on any atom is 0.123 e. The number of benzene rings is 1. The molecule has 0 aliphatic heterocycles. The first-order valence-corrected chi connectivity index (χ1v) is 6.84. The van der Waals surface area contributed by atoms with Gasteiger partial charge in [-0.2, -0.15) is 0 Å². The van der Waals surface area contributed by atoms with Crippen molar-refractivity contribution in [2.45, 2.75) is 39.2 Å². The fraction of sp³-hybridized carbons (Fsp3) is 0.600. The number of hydrogen-bond acceptors (Lipinski definition) is 2. The standard InChI is InChI=1S/C15H24FNO/c1-3-11-18-12-5-10-17-15(4-2)13-6-8-14(16)9-7-13/h6-9,15,17H,3-5,10-12H2,1-2H3. The minimum absolute atomic E-state index is 0.179. The van der Waals surface area contributed by atoms with E-state index >= 15 is 0 Å². The summed E-state index contributed by atoms with van der Waals surface area (Å²) in [6, 6.07) is 7.04. The van der Waals surface area contributed by atoms with Gasteiger partial charge in [0, 0.05) is 19.3 Å². The van der Waals surface area contributed by atoms with Gasteiger partial charge in [-0.15, -0.1) is 0 Å². The summed E-state index contributed by atoms with van der Waals surface area (Å²) in [6.07, 6.45) is 3.08.